The van der Waals surface area contributed by atoms with Gasteiger partial charge in [-0.05, 0) is 46.6 Å². The number of aromatic nitrogens is 1. The number of rotatable bonds is 4. The van der Waals surface area contributed by atoms with Crippen molar-refractivity contribution in [1.29, 1.82) is 0 Å². The summed E-state index contributed by atoms with van der Waals surface area (Å²) in [6.07, 6.45) is 3.00. The molecule has 0 radical (unpaired) electrons. The lowest BCUT2D eigenvalue weighted by Crippen LogP contribution is -2.52. The van der Waals surface area contributed by atoms with E-state index in [1.165, 1.54) is 0 Å². The van der Waals surface area contributed by atoms with Crippen LogP contribution >= 0.6 is 28.3 Å². The third-order valence-corrected chi connectivity index (χ3v) is 4.74. The van der Waals surface area contributed by atoms with Gasteiger partial charge in [-0.3, -0.25) is 9.78 Å². The summed E-state index contributed by atoms with van der Waals surface area (Å²) < 4.78 is 6.71. The molecule has 134 valence electrons. The Labute approximate surface area is 162 Å². The molecule has 1 aliphatic rings. The zero-order valence-corrected chi connectivity index (χ0v) is 16.3. The maximum absolute atomic E-state index is 12.9. The summed E-state index contributed by atoms with van der Waals surface area (Å²) in [6, 6.07) is 11.4. The predicted octanol–water partition coefficient (Wildman–Crippen LogP) is 3.21. The van der Waals surface area contributed by atoms with Crippen LogP contribution in [-0.2, 0) is 4.79 Å². The fourth-order valence-corrected chi connectivity index (χ4v) is 3.23. The van der Waals surface area contributed by atoms with Crippen molar-refractivity contribution in [1.82, 2.24) is 15.2 Å². The number of amides is 1. The first-order valence-electron chi connectivity index (χ1n) is 7.99. The maximum atomic E-state index is 12.9. The minimum Gasteiger partial charge on any atom is -0.480 e. The third-order valence-electron chi connectivity index (χ3n) is 4.08. The van der Waals surface area contributed by atoms with Crippen LogP contribution in [0, 0.1) is 0 Å². The molecule has 0 spiro atoms. The Morgan fingerprint density at radius 2 is 2.16 bits per heavy atom. The summed E-state index contributed by atoms with van der Waals surface area (Å²) in [5, 5.41) is 3.35. The van der Waals surface area contributed by atoms with Crippen molar-refractivity contribution >= 4 is 34.2 Å². The highest BCUT2D eigenvalue weighted by atomic mass is 79.9. The maximum Gasteiger partial charge on any atom is 0.263 e. The fourth-order valence-electron chi connectivity index (χ4n) is 2.85. The zero-order valence-electron chi connectivity index (χ0n) is 13.9. The number of nitrogens with one attached hydrogen (secondary N) is 1. The Morgan fingerprint density at radius 1 is 1.36 bits per heavy atom. The lowest BCUT2D eigenvalue weighted by Gasteiger charge is -2.37. The van der Waals surface area contributed by atoms with Crippen LogP contribution in [0.5, 0.6) is 5.75 Å². The van der Waals surface area contributed by atoms with E-state index < -0.39 is 6.10 Å². The molecule has 2 atom stereocenters. The van der Waals surface area contributed by atoms with Crippen LogP contribution in [0.2, 0.25) is 0 Å². The minimum absolute atomic E-state index is 0. The van der Waals surface area contributed by atoms with Crippen molar-refractivity contribution in [2.45, 2.75) is 19.1 Å². The normalized spacial score (nSPS) is 18.2. The van der Waals surface area contributed by atoms with Crippen LogP contribution in [0.25, 0.3) is 0 Å². The van der Waals surface area contributed by atoms with Crippen LogP contribution in [0.1, 0.15) is 18.5 Å². The first kappa shape index (κ1) is 19.7. The molecule has 25 heavy (non-hydrogen) atoms. The zero-order chi connectivity index (χ0) is 16.9. The number of ether oxygens (including phenoxy) is 1. The summed E-state index contributed by atoms with van der Waals surface area (Å²) in [5.41, 5.74) is 1.03. The first-order chi connectivity index (χ1) is 11.7. The molecule has 1 aliphatic heterocycles. The topological polar surface area (TPSA) is 54.5 Å². The van der Waals surface area contributed by atoms with Crippen LogP contribution in [0.3, 0.4) is 0 Å². The van der Waals surface area contributed by atoms with Gasteiger partial charge in [-0.25, -0.2) is 0 Å². The van der Waals surface area contributed by atoms with Gasteiger partial charge in [0.25, 0.3) is 5.91 Å². The summed E-state index contributed by atoms with van der Waals surface area (Å²) in [7, 11) is 0. The number of carbonyl (C=O) groups is 1. The number of nitrogens with zero attached hydrogens (tertiary/aromatic N) is 2. The summed E-state index contributed by atoms with van der Waals surface area (Å²) >= 11 is 3.45. The summed E-state index contributed by atoms with van der Waals surface area (Å²) in [4.78, 5) is 19.0. The SMILES string of the molecule is CC(Oc1ccccc1Br)C(=O)N1CCNCC1c1cccnc1.Cl. The van der Waals surface area contributed by atoms with E-state index in [2.05, 4.69) is 26.2 Å². The second kappa shape index (κ2) is 9.17. The quantitative estimate of drug-likeness (QED) is 0.816. The van der Waals surface area contributed by atoms with Gasteiger partial charge in [0.2, 0.25) is 0 Å². The number of carbonyl (C=O) groups excluding carboxylic acids is 1. The predicted molar refractivity (Wildman–Crippen MR) is 103 cm³/mol. The lowest BCUT2D eigenvalue weighted by atomic mass is 10.0. The molecule has 7 heteroatoms. The van der Waals surface area contributed by atoms with E-state index in [0.717, 1.165) is 23.1 Å². The van der Waals surface area contributed by atoms with Gasteiger partial charge in [0.05, 0.1) is 10.5 Å². The number of hydrogen-bond donors (Lipinski definition) is 1. The summed E-state index contributed by atoms with van der Waals surface area (Å²) in [6.45, 7) is 3.95. The van der Waals surface area contributed by atoms with Crippen molar-refractivity contribution in [2.75, 3.05) is 19.6 Å². The fraction of sp³-hybridized carbons (Fsp3) is 0.333. The standard InChI is InChI=1S/C18H20BrN3O2.ClH/c1-13(24-17-7-3-2-6-15(17)19)18(23)22-10-9-21-12-16(22)14-5-4-8-20-11-14;/h2-8,11,13,16,21H,9-10,12H2,1H3;1H. The largest absolute Gasteiger partial charge is 0.480 e. The molecule has 2 heterocycles. The Kier molecular flexibility index (Phi) is 7.23. The van der Waals surface area contributed by atoms with Crippen molar-refractivity contribution in [3.05, 3.63) is 58.8 Å². The lowest BCUT2D eigenvalue weighted by molar-refractivity contribution is -0.141. The molecule has 1 fully saturated rings. The van der Waals surface area contributed by atoms with E-state index in [9.17, 15) is 4.79 Å². The van der Waals surface area contributed by atoms with Gasteiger partial charge in [-0.1, -0.05) is 18.2 Å². The third kappa shape index (κ3) is 4.71. The average molecular weight is 427 g/mol. The van der Waals surface area contributed by atoms with Crippen molar-refractivity contribution in [2.24, 2.45) is 0 Å². The average Bonchev–Trinajstić information content (AvgIpc) is 2.63. The molecule has 1 saturated heterocycles. The van der Waals surface area contributed by atoms with Crippen molar-refractivity contribution in [3.63, 3.8) is 0 Å². The van der Waals surface area contributed by atoms with E-state index in [1.807, 2.05) is 47.5 Å². The van der Waals surface area contributed by atoms with E-state index in [0.29, 0.717) is 12.3 Å². The molecule has 0 saturated carbocycles. The number of pyridine rings is 1. The molecule has 1 amide bonds. The van der Waals surface area contributed by atoms with Gasteiger partial charge in [0.15, 0.2) is 6.10 Å². The monoisotopic (exact) mass is 425 g/mol. The Hall–Kier alpha value is -1.63. The number of hydrogen-bond acceptors (Lipinski definition) is 4. The Bertz CT molecular complexity index is 702. The van der Waals surface area contributed by atoms with Crippen LogP contribution in [-0.4, -0.2) is 41.5 Å². The Balaban J connectivity index is 0.00000225. The van der Waals surface area contributed by atoms with Gasteiger partial charge in [-0.2, -0.15) is 0 Å². The highest BCUT2D eigenvalue weighted by Gasteiger charge is 2.31. The van der Waals surface area contributed by atoms with Gasteiger partial charge in [0, 0.05) is 32.0 Å². The summed E-state index contributed by atoms with van der Waals surface area (Å²) in [5.74, 6) is 0.660. The molecule has 1 aromatic carbocycles. The highest BCUT2D eigenvalue weighted by molar-refractivity contribution is 9.10. The van der Waals surface area contributed by atoms with Crippen LogP contribution in [0.15, 0.2) is 53.3 Å². The molecule has 2 unspecified atom stereocenters. The van der Waals surface area contributed by atoms with Crippen molar-refractivity contribution < 1.29 is 9.53 Å². The number of piperazine rings is 1. The van der Waals surface area contributed by atoms with E-state index in [-0.39, 0.29) is 24.4 Å². The molecular formula is C18H21BrClN3O2. The van der Waals surface area contributed by atoms with Crippen LogP contribution < -0.4 is 10.1 Å². The smallest absolute Gasteiger partial charge is 0.263 e. The van der Waals surface area contributed by atoms with Crippen LogP contribution in [0.4, 0.5) is 0 Å². The molecule has 1 aromatic heterocycles. The van der Waals surface area contributed by atoms with E-state index in [1.54, 1.807) is 13.1 Å². The molecule has 0 aliphatic carbocycles. The highest BCUT2D eigenvalue weighted by Crippen LogP contribution is 2.27. The minimum atomic E-state index is -0.555. The number of benzene rings is 1. The van der Waals surface area contributed by atoms with Gasteiger partial charge < -0.3 is 15.0 Å². The van der Waals surface area contributed by atoms with Gasteiger partial charge in [-0.15, -0.1) is 12.4 Å². The van der Waals surface area contributed by atoms with E-state index >= 15 is 0 Å². The molecule has 0 bridgehead atoms. The molecule has 3 rings (SSSR count). The number of para-hydroxylation sites is 1. The Morgan fingerprint density at radius 3 is 2.88 bits per heavy atom. The van der Waals surface area contributed by atoms with Gasteiger partial charge in [0.1, 0.15) is 5.75 Å². The second-order valence-corrected chi connectivity index (χ2v) is 6.58. The van der Waals surface area contributed by atoms with Gasteiger partial charge >= 0.3 is 0 Å². The second-order valence-electron chi connectivity index (χ2n) is 5.73. The number of halogens is 2. The molecule has 2 aromatic rings. The first-order valence-corrected chi connectivity index (χ1v) is 8.78. The van der Waals surface area contributed by atoms with Crippen molar-refractivity contribution in [3.8, 4) is 5.75 Å². The van der Waals surface area contributed by atoms with E-state index in [4.69, 9.17) is 4.74 Å². The molecular weight excluding hydrogens is 406 g/mol. The molecule has 1 N–H and O–H groups in total. The molecule has 5 nitrogen and oxygen atoms in total.